The zero-order valence-electron chi connectivity index (χ0n) is 14.0. The Morgan fingerprint density at radius 3 is 3.00 bits per heavy atom. The maximum absolute atomic E-state index is 12.5. The number of carbonyl (C=O) groups excluding carboxylic acids is 1. The van der Waals surface area contributed by atoms with Gasteiger partial charge in [0.2, 0.25) is 15.9 Å². The number of amides is 1. The molecule has 1 fully saturated rings. The summed E-state index contributed by atoms with van der Waals surface area (Å²) in [6.45, 7) is 2.58. The SMILES string of the molecule is CCCS(=O)(=O)N1CCCC1C(=O)NCc1csc(-c2cccs2)n1. The van der Waals surface area contributed by atoms with Crippen molar-refractivity contribution in [3.63, 3.8) is 0 Å². The van der Waals surface area contributed by atoms with Gasteiger partial charge in [-0.1, -0.05) is 13.0 Å². The standard InChI is InChI=1S/C16H21N3O3S3/c1-2-9-25(21,22)19-7-3-5-13(19)15(20)17-10-12-11-24-16(18-12)14-6-4-8-23-14/h4,6,8,11,13H,2-3,5,7,9-10H2,1H3,(H,17,20). The molecule has 0 saturated carbocycles. The first-order valence-corrected chi connectivity index (χ1v) is 11.6. The van der Waals surface area contributed by atoms with Gasteiger partial charge in [-0.05, 0) is 30.7 Å². The molecule has 9 heteroatoms. The van der Waals surface area contributed by atoms with Crippen LogP contribution in [-0.4, -0.2) is 42.0 Å². The Morgan fingerprint density at radius 1 is 1.44 bits per heavy atom. The number of thiazole rings is 1. The minimum absolute atomic E-state index is 0.0903. The average molecular weight is 400 g/mol. The van der Waals surface area contributed by atoms with E-state index in [0.717, 1.165) is 22.0 Å². The van der Waals surface area contributed by atoms with E-state index < -0.39 is 16.1 Å². The molecule has 2 aromatic rings. The van der Waals surface area contributed by atoms with Crippen LogP contribution in [-0.2, 0) is 21.4 Å². The lowest BCUT2D eigenvalue weighted by molar-refractivity contribution is -0.124. The molecule has 0 aliphatic carbocycles. The molecule has 3 rings (SSSR count). The summed E-state index contributed by atoms with van der Waals surface area (Å²) in [5.74, 6) is -0.143. The molecule has 0 aromatic carbocycles. The topological polar surface area (TPSA) is 79.4 Å². The van der Waals surface area contributed by atoms with Gasteiger partial charge in [-0.15, -0.1) is 22.7 Å². The maximum atomic E-state index is 12.5. The summed E-state index contributed by atoms with van der Waals surface area (Å²) in [5.41, 5.74) is 0.794. The fraction of sp³-hybridized carbons (Fsp3) is 0.500. The van der Waals surface area contributed by atoms with Crippen LogP contribution < -0.4 is 5.32 Å². The normalized spacial score (nSPS) is 18.5. The number of nitrogens with one attached hydrogen (secondary N) is 1. The quantitative estimate of drug-likeness (QED) is 0.776. The number of hydrogen-bond acceptors (Lipinski definition) is 6. The fourth-order valence-corrected chi connectivity index (χ4v) is 6.29. The van der Waals surface area contributed by atoms with E-state index in [1.165, 1.54) is 4.31 Å². The van der Waals surface area contributed by atoms with Crippen LogP contribution in [0.5, 0.6) is 0 Å². The predicted molar refractivity (Wildman–Crippen MR) is 101 cm³/mol. The van der Waals surface area contributed by atoms with Crippen molar-refractivity contribution in [2.45, 2.75) is 38.8 Å². The second-order valence-electron chi connectivity index (χ2n) is 5.92. The third kappa shape index (κ3) is 4.28. The lowest BCUT2D eigenvalue weighted by atomic mass is 10.2. The molecule has 0 radical (unpaired) electrons. The zero-order valence-corrected chi connectivity index (χ0v) is 16.4. The smallest absolute Gasteiger partial charge is 0.238 e. The monoisotopic (exact) mass is 399 g/mol. The van der Waals surface area contributed by atoms with Crippen LogP contribution in [0.4, 0.5) is 0 Å². The highest BCUT2D eigenvalue weighted by atomic mass is 32.2. The van der Waals surface area contributed by atoms with Crippen molar-refractivity contribution in [2.24, 2.45) is 0 Å². The maximum Gasteiger partial charge on any atom is 0.238 e. The van der Waals surface area contributed by atoms with E-state index in [1.807, 2.05) is 29.8 Å². The number of rotatable bonds is 7. The largest absolute Gasteiger partial charge is 0.349 e. The lowest BCUT2D eigenvalue weighted by Gasteiger charge is -2.23. The Balaban J connectivity index is 1.61. The van der Waals surface area contributed by atoms with Gasteiger partial charge in [-0.2, -0.15) is 4.31 Å². The van der Waals surface area contributed by atoms with Gasteiger partial charge in [0.15, 0.2) is 0 Å². The molecule has 1 amide bonds. The van der Waals surface area contributed by atoms with Crippen molar-refractivity contribution in [3.8, 4) is 9.88 Å². The molecule has 0 bridgehead atoms. The number of aromatic nitrogens is 1. The molecule has 0 spiro atoms. The van der Waals surface area contributed by atoms with E-state index in [2.05, 4.69) is 10.3 Å². The molecule has 2 aromatic heterocycles. The van der Waals surface area contributed by atoms with Crippen LogP contribution >= 0.6 is 22.7 Å². The second-order valence-corrected chi connectivity index (χ2v) is 9.77. The summed E-state index contributed by atoms with van der Waals surface area (Å²) < 4.78 is 26.0. The summed E-state index contributed by atoms with van der Waals surface area (Å²) in [4.78, 5) is 18.1. The first-order chi connectivity index (χ1) is 12.0. The Kier molecular flexibility index (Phi) is 5.88. The molecule has 1 N–H and O–H groups in total. The van der Waals surface area contributed by atoms with E-state index in [0.29, 0.717) is 25.9 Å². The van der Waals surface area contributed by atoms with Crippen molar-refractivity contribution in [3.05, 3.63) is 28.6 Å². The van der Waals surface area contributed by atoms with Crippen LogP contribution in [0.15, 0.2) is 22.9 Å². The minimum Gasteiger partial charge on any atom is -0.349 e. The van der Waals surface area contributed by atoms with Crippen molar-refractivity contribution < 1.29 is 13.2 Å². The van der Waals surface area contributed by atoms with Gasteiger partial charge in [0.05, 0.1) is 22.9 Å². The van der Waals surface area contributed by atoms with E-state index in [9.17, 15) is 13.2 Å². The first-order valence-electron chi connectivity index (χ1n) is 8.27. The highest BCUT2D eigenvalue weighted by Crippen LogP contribution is 2.28. The Morgan fingerprint density at radius 2 is 2.28 bits per heavy atom. The fourth-order valence-electron chi connectivity index (χ4n) is 2.91. The molecular formula is C16H21N3O3S3. The molecule has 1 unspecified atom stereocenters. The zero-order chi connectivity index (χ0) is 17.9. The molecule has 1 atom stereocenters. The summed E-state index contributed by atoms with van der Waals surface area (Å²) >= 11 is 3.17. The highest BCUT2D eigenvalue weighted by molar-refractivity contribution is 7.89. The van der Waals surface area contributed by atoms with Crippen LogP contribution in [0.25, 0.3) is 9.88 Å². The lowest BCUT2D eigenvalue weighted by Crippen LogP contribution is -2.46. The van der Waals surface area contributed by atoms with Crippen molar-refractivity contribution in [2.75, 3.05) is 12.3 Å². The molecule has 1 aliphatic rings. The third-order valence-electron chi connectivity index (χ3n) is 4.05. The predicted octanol–water partition coefficient (Wildman–Crippen LogP) is 2.69. The Labute approximate surface area is 155 Å². The van der Waals surface area contributed by atoms with E-state index >= 15 is 0 Å². The van der Waals surface area contributed by atoms with Crippen molar-refractivity contribution in [1.29, 1.82) is 0 Å². The van der Waals surface area contributed by atoms with Gasteiger partial charge in [-0.25, -0.2) is 13.4 Å². The van der Waals surface area contributed by atoms with E-state index in [-0.39, 0.29) is 11.7 Å². The Hall–Kier alpha value is -1.29. The number of hydrogen-bond donors (Lipinski definition) is 1. The van der Waals surface area contributed by atoms with Crippen LogP contribution in [0.1, 0.15) is 31.9 Å². The van der Waals surface area contributed by atoms with Crippen molar-refractivity contribution in [1.82, 2.24) is 14.6 Å². The number of nitrogens with zero attached hydrogens (tertiary/aromatic N) is 2. The molecule has 1 aliphatic heterocycles. The second kappa shape index (κ2) is 7.94. The van der Waals surface area contributed by atoms with Crippen LogP contribution in [0, 0.1) is 0 Å². The number of carbonyl (C=O) groups is 1. The number of thiophene rings is 1. The van der Waals surface area contributed by atoms with Crippen LogP contribution in [0.3, 0.4) is 0 Å². The van der Waals surface area contributed by atoms with Gasteiger partial charge in [0.1, 0.15) is 11.0 Å². The van der Waals surface area contributed by atoms with Crippen LogP contribution in [0.2, 0.25) is 0 Å². The summed E-state index contributed by atoms with van der Waals surface area (Å²) in [6, 6.07) is 3.40. The van der Waals surface area contributed by atoms with E-state index in [1.54, 1.807) is 22.7 Å². The van der Waals surface area contributed by atoms with Gasteiger partial charge >= 0.3 is 0 Å². The van der Waals surface area contributed by atoms with Gasteiger partial charge in [0.25, 0.3) is 0 Å². The minimum atomic E-state index is -3.35. The molecule has 136 valence electrons. The van der Waals surface area contributed by atoms with Gasteiger partial charge < -0.3 is 5.32 Å². The molecule has 6 nitrogen and oxygen atoms in total. The molecule has 3 heterocycles. The summed E-state index contributed by atoms with van der Waals surface area (Å²) in [5, 5.41) is 7.71. The molecular weight excluding hydrogens is 378 g/mol. The van der Waals surface area contributed by atoms with Crippen molar-refractivity contribution >= 4 is 38.6 Å². The first kappa shape index (κ1) is 18.5. The summed E-state index contributed by atoms with van der Waals surface area (Å²) in [7, 11) is -3.35. The molecule has 25 heavy (non-hydrogen) atoms. The summed E-state index contributed by atoms with van der Waals surface area (Å²) in [6.07, 6.45) is 1.85. The van der Waals surface area contributed by atoms with E-state index in [4.69, 9.17) is 0 Å². The average Bonchev–Trinajstić information content (AvgIpc) is 3.32. The number of sulfonamides is 1. The van der Waals surface area contributed by atoms with Gasteiger partial charge in [0, 0.05) is 11.9 Å². The highest BCUT2D eigenvalue weighted by Gasteiger charge is 2.37. The van der Waals surface area contributed by atoms with Gasteiger partial charge in [-0.3, -0.25) is 4.79 Å². The third-order valence-corrected chi connectivity index (χ3v) is 8.06. The Bertz CT molecular complexity index is 815. The molecule has 1 saturated heterocycles.